The summed E-state index contributed by atoms with van der Waals surface area (Å²) >= 11 is 3.32. The van der Waals surface area contributed by atoms with Crippen LogP contribution in [0.25, 0.3) is 0 Å². The summed E-state index contributed by atoms with van der Waals surface area (Å²) in [4.78, 5) is 14.5. The summed E-state index contributed by atoms with van der Waals surface area (Å²) in [5, 5.41) is 0. The van der Waals surface area contributed by atoms with Crippen molar-refractivity contribution in [3.8, 4) is 0 Å². The molecule has 0 saturated heterocycles. The number of rotatable bonds is 4. The zero-order valence-electron chi connectivity index (χ0n) is 9.55. The Balaban J connectivity index is 1.93. The minimum absolute atomic E-state index is 0.738. The van der Waals surface area contributed by atoms with Gasteiger partial charge < -0.3 is 4.90 Å². The molecular weight excluding hydrogens is 280 g/mol. The van der Waals surface area contributed by atoms with E-state index in [0.717, 1.165) is 23.4 Å². The number of nitrogens with zero attached hydrogens (tertiary/aromatic N) is 4. The molecule has 0 unspecified atom stereocenters. The van der Waals surface area contributed by atoms with E-state index < -0.39 is 0 Å². The van der Waals surface area contributed by atoms with E-state index in [-0.39, 0.29) is 0 Å². The Morgan fingerprint density at radius 2 is 1.82 bits per heavy atom. The molecule has 0 atom stereocenters. The predicted octanol–water partition coefficient (Wildman–Crippen LogP) is 2.31. The van der Waals surface area contributed by atoms with Crippen LogP contribution in [0.1, 0.15) is 5.56 Å². The van der Waals surface area contributed by atoms with Gasteiger partial charge in [0, 0.05) is 38.4 Å². The first-order valence-corrected chi connectivity index (χ1v) is 6.12. The molecule has 4 nitrogen and oxygen atoms in total. The molecular formula is C12H13BrN4. The Morgan fingerprint density at radius 3 is 2.47 bits per heavy atom. The highest BCUT2D eigenvalue weighted by molar-refractivity contribution is 9.10. The first-order valence-electron chi connectivity index (χ1n) is 5.33. The van der Waals surface area contributed by atoms with Gasteiger partial charge >= 0.3 is 0 Å². The first-order chi connectivity index (χ1) is 8.25. The molecule has 0 N–H and O–H groups in total. The molecule has 2 aromatic heterocycles. The maximum atomic E-state index is 4.25. The Bertz CT molecular complexity index is 458. The lowest BCUT2D eigenvalue weighted by Crippen LogP contribution is -2.22. The molecule has 17 heavy (non-hydrogen) atoms. The molecule has 2 rings (SSSR count). The van der Waals surface area contributed by atoms with Crippen molar-refractivity contribution in [3.05, 3.63) is 47.0 Å². The van der Waals surface area contributed by atoms with E-state index in [0.29, 0.717) is 0 Å². The van der Waals surface area contributed by atoms with E-state index >= 15 is 0 Å². The average Bonchev–Trinajstić information content (AvgIpc) is 2.38. The van der Waals surface area contributed by atoms with Gasteiger partial charge in [0.1, 0.15) is 0 Å². The summed E-state index contributed by atoms with van der Waals surface area (Å²) in [6.07, 6.45) is 8.09. The summed E-state index contributed by atoms with van der Waals surface area (Å²) in [5.74, 6) is 0.738. The second-order valence-electron chi connectivity index (χ2n) is 3.73. The number of hydrogen-bond donors (Lipinski definition) is 0. The molecule has 0 aliphatic heterocycles. The van der Waals surface area contributed by atoms with Gasteiger partial charge in [-0.25, -0.2) is 9.97 Å². The van der Waals surface area contributed by atoms with E-state index in [9.17, 15) is 0 Å². The predicted molar refractivity (Wildman–Crippen MR) is 70.9 cm³/mol. The fraction of sp³-hybridized carbons (Fsp3) is 0.250. The third kappa shape index (κ3) is 3.49. The highest BCUT2D eigenvalue weighted by Crippen LogP contribution is 2.10. The first kappa shape index (κ1) is 12.0. The van der Waals surface area contributed by atoms with Crippen LogP contribution >= 0.6 is 15.9 Å². The number of halogens is 1. The number of hydrogen-bond acceptors (Lipinski definition) is 4. The fourth-order valence-electron chi connectivity index (χ4n) is 1.45. The largest absolute Gasteiger partial charge is 0.344 e. The van der Waals surface area contributed by atoms with Crippen LogP contribution in [-0.4, -0.2) is 28.5 Å². The number of pyridine rings is 1. The van der Waals surface area contributed by atoms with Crippen molar-refractivity contribution in [1.82, 2.24) is 15.0 Å². The fourth-order valence-corrected chi connectivity index (χ4v) is 1.65. The van der Waals surface area contributed by atoms with Crippen LogP contribution < -0.4 is 4.90 Å². The average molecular weight is 293 g/mol. The van der Waals surface area contributed by atoms with Crippen molar-refractivity contribution in [2.45, 2.75) is 6.42 Å². The van der Waals surface area contributed by atoms with Crippen molar-refractivity contribution in [2.75, 3.05) is 18.5 Å². The minimum atomic E-state index is 0.738. The molecule has 0 bridgehead atoms. The van der Waals surface area contributed by atoms with E-state index in [4.69, 9.17) is 0 Å². The molecule has 0 amide bonds. The van der Waals surface area contributed by atoms with E-state index in [1.165, 1.54) is 5.56 Å². The lowest BCUT2D eigenvalue weighted by molar-refractivity contribution is 0.835. The molecule has 0 fully saturated rings. The van der Waals surface area contributed by atoms with Crippen molar-refractivity contribution >= 4 is 21.9 Å². The quantitative estimate of drug-likeness (QED) is 0.867. The molecule has 0 saturated carbocycles. The third-order valence-corrected chi connectivity index (χ3v) is 2.84. The van der Waals surface area contributed by atoms with Crippen LogP contribution in [0.15, 0.2) is 41.4 Å². The molecule has 0 spiro atoms. The molecule has 2 heterocycles. The summed E-state index contributed by atoms with van der Waals surface area (Å²) in [5.41, 5.74) is 1.27. The highest BCUT2D eigenvalue weighted by Gasteiger charge is 2.03. The topological polar surface area (TPSA) is 41.9 Å². The normalized spacial score (nSPS) is 10.2. The van der Waals surface area contributed by atoms with Crippen molar-refractivity contribution in [3.63, 3.8) is 0 Å². The van der Waals surface area contributed by atoms with Crippen molar-refractivity contribution < 1.29 is 0 Å². The Kier molecular flexibility index (Phi) is 4.03. The maximum absolute atomic E-state index is 4.25. The molecule has 0 aliphatic rings. The van der Waals surface area contributed by atoms with Gasteiger partial charge in [0.25, 0.3) is 0 Å². The van der Waals surface area contributed by atoms with Crippen LogP contribution in [0.4, 0.5) is 5.95 Å². The van der Waals surface area contributed by atoms with Crippen molar-refractivity contribution in [1.29, 1.82) is 0 Å². The van der Waals surface area contributed by atoms with Crippen LogP contribution in [-0.2, 0) is 6.42 Å². The number of likely N-dealkylation sites (N-methyl/N-ethyl adjacent to an activating group) is 1. The zero-order chi connectivity index (χ0) is 12.1. The Morgan fingerprint density at radius 1 is 1.18 bits per heavy atom. The summed E-state index contributed by atoms with van der Waals surface area (Å²) in [6.45, 7) is 0.881. The summed E-state index contributed by atoms with van der Waals surface area (Å²) < 4.78 is 0.892. The second kappa shape index (κ2) is 5.72. The second-order valence-corrected chi connectivity index (χ2v) is 4.64. The minimum Gasteiger partial charge on any atom is -0.344 e. The summed E-state index contributed by atoms with van der Waals surface area (Å²) in [6, 6.07) is 4.05. The molecule has 88 valence electrons. The van der Waals surface area contributed by atoms with Gasteiger partial charge in [-0.3, -0.25) is 4.98 Å². The van der Waals surface area contributed by atoms with E-state index in [1.54, 1.807) is 12.4 Å². The van der Waals surface area contributed by atoms with Gasteiger partial charge in [-0.1, -0.05) is 0 Å². The zero-order valence-corrected chi connectivity index (χ0v) is 11.1. The van der Waals surface area contributed by atoms with Crippen LogP contribution in [0.5, 0.6) is 0 Å². The van der Waals surface area contributed by atoms with Crippen LogP contribution in [0.2, 0.25) is 0 Å². The molecule has 0 radical (unpaired) electrons. The van der Waals surface area contributed by atoms with Crippen LogP contribution in [0, 0.1) is 0 Å². The van der Waals surface area contributed by atoms with Gasteiger partial charge in [0.15, 0.2) is 0 Å². The standard InChI is InChI=1S/C12H13BrN4/c1-17(12-15-8-11(13)9-16-12)7-4-10-2-5-14-6-3-10/h2-3,5-6,8-9H,4,7H2,1H3. The number of aromatic nitrogens is 3. The summed E-state index contributed by atoms with van der Waals surface area (Å²) in [7, 11) is 1.99. The maximum Gasteiger partial charge on any atom is 0.225 e. The van der Waals surface area contributed by atoms with Gasteiger partial charge in [-0.15, -0.1) is 0 Å². The SMILES string of the molecule is CN(CCc1ccncc1)c1ncc(Br)cn1. The Labute approximate surface area is 109 Å². The number of anilines is 1. The lowest BCUT2D eigenvalue weighted by Gasteiger charge is -2.16. The van der Waals surface area contributed by atoms with Crippen LogP contribution in [0.3, 0.4) is 0 Å². The van der Waals surface area contributed by atoms with Gasteiger partial charge in [0.05, 0.1) is 4.47 Å². The van der Waals surface area contributed by atoms with E-state index in [2.05, 4.69) is 30.9 Å². The lowest BCUT2D eigenvalue weighted by atomic mass is 10.2. The highest BCUT2D eigenvalue weighted by atomic mass is 79.9. The molecule has 5 heteroatoms. The van der Waals surface area contributed by atoms with Gasteiger partial charge in [-0.05, 0) is 40.0 Å². The van der Waals surface area contributed by atoms with Gasteiger partial charge in [-0.2, -0.15) is 0 Å². The Hall–Kier alpha value is -1.49. The third-order valence-electron chi connectivity index (χ3n) is 2.43. The molecule has 2 aromatic rings. The molecule has 0 aliphatic carbocycles. The molecule has 0 aromatic carbocycles. The van der Waals surface area contributed by atoms with Crippen molar-refractivity contribution in [2.24, 2.45) is 0 Å². The smallest absolute Gasteiger partial charge is 0.225 e. The van der Waals surface area contributed by atoms with Gasteiger partial charge in [0.2, 0.25) is 5.95 Å². The van der Waals surface area contributed by atoms with E-state index in [1.807, 2.05) is 36.5 Å². The monoisotopic (exact) mass is 292 g/mol.